The molecule has 6 heteroatoms. The fourth-order valence-corrected chi connectivity index (χ4v) is 4.03. The summed E-state index contributed by atoms with van der Waals surface area (Å²) in [6.45, 7) is 5.17. The van der Waals surface area contributed by atoms with Crippen LogP contribution in [0.5, 0.6) is 0 Å². The highest BCUT2D eigenvalue weighted by molar-refractivity contribution is 5.73. The molecule has 1 N–H and O–H groups in total. The van der Waals surface area contributed by atoms with E-state index in [-0.39, 0.29) is 19.2 Å². The number of hydrogen-bond acceptors (Lipinski definition) is 4. The van der Waals surface area contributed by atoms with Crippen LogP contribution in [0.1, 0.15) is 31.7 Å². The summed E-state index contributed by atoms with van der Waals surface area (Å²) in [6.07, 6.45) is 2.53. The molecule has 3 atom stereocenters. The molecular formula is C20H28N2O4. The first kappa shape index (κ1) is 18.7. The molecule has 26 heavy (non-hydrogen) atoms. The molecule has 2 aliphatic rings. The molecular weight excluding hydrogens is 332 g/mol. The van der Waals surface area contributed by atoms with Gasteiger partial charge in [0.15, 0.2) is 0 Å². The standard InChI is InChI=1S/C20H28N2O4/c1-15-6-5-9-21(11-15)18-10-17(19(23)24)12-22(13-18)20(25)26-14-16-7-3-2-4-8-16/h2-4,7-8,15,17-18H,5-6,9-14H2,1H3,(H,23,24)/t15-,17-,18+/m1/s1. The molecule has 0 aliphatic carbocycles. The maximum Gasteiger partial charge on any atom is 0.410 e. The number of piperidine rings is 2. The van der Waals surface area contributed by atoms with Crippen molar-refractivity contribution in [1.82, 2.24) is 9.80 Å². The largest absolute Gasteiger partial charge is 0.481 e. The number of aliphatic carboxylic acids is 1. The average Bonchev–Trinajstić information content (AvgIpc) is 2.66. The monoisotopic (exact) mass is 360 g/mol. The lowest BCUT2D eigenvalue weighted by Crippen LogP contribution is -2.55. The van der Waals surface area contributed by atoms with E-state index in [1.807, 2.05) is 30.3 Å². The molecule has 1 amide bonds. The van der Waals surface area contributed by atoms with Gasteiger partial charge < -0.3 is 14.7 Å². The van der Waals surface area contributed by atoms with Gasteiger partial charge in [0.05, 0.1) is 5.92 Å². The van der Waals surface area contributed by atoms with E-state index in [0.717, 1.165) is 25.1 Å². The summed E-state index contributed by atoms with van der Waals surface area (Å²) < 4.78 is 5.43. The van der Waals surface area contributed by atoms with E-state index in [1.54, 1.807) is 4.90 Å². The number of carbonyl (C=O) groups excluding carboxylic acids is 1. The lowest BCUT2D eigenvalue weighted by Gasteiger charge is -2.43. The molecule has 6 nitrogen and oxygen atoms in total. The van der Waals surface area contributed by atoms with Crippen LogP contribution >= 0.6 is 0 Å². The second-order valence-corrected chi connectivity index (χ2v) is 7.61. The predicted octanol–water partition coefficient (Wildman–Crippen LogP) is 2.83. The number of likely N-dealkylation sites (tertiary alicyclic amines) is 2. The Hall–Kier alpha value is -2.08. The Bertz CT molecular complexity index is 621. The first-order chi connectivity index (χ1) is 12.5. The molecule has 3 rings (SSSR count). The second kappa shape index (κ2) is 8.54. The Morgan fingerprint density at radius 3 is 2.65 bits per heavy atom. The number of ether oxygens (including phenoxy) is 1. The van der Waals surface area contributed by atoms with Gasteiger partial charge in [-0.1, -0.05) is 37.3 Å². The maximum absolute atomic E-state index is 12.5. The van der Waals surface area contributed by atoms with Crippen LogP contribution in [0.2, 0.25) is 0 Å². The number of hydrogen-bond donors (Lipinski definition) is 1. The van der Waals surface area contributed by atoms with Crippen LogP contribution in [0, 0.1) is 11.8 Å². The molecule has 0 radical (unpaired) electrons. The third kappa shape index (κ3) is 4.75. The van der Waals surface area contributed by atoms with Gasteiger partial charge in [0.2, 0.25) is 0 Å². The van der Waals surface area contributed by atoms with Crippen molar-refractivity contribution < 1.29 is 19.4 Å². The summed E-state index contributed by atoms with van der Waals surface area (Å²) in [5, 5.41) is 9.52. The first-order valence-corrected chi connectivity index (χ1v) is 9.45. The van der Waals surface area contributed by atoms with Gasteiger partial charge >= 0.3 is 12.1 Å². The molecule has 1 aromatic carbocycles. The zero-order valence-corrected chi connectivity index (χ0v) is 15.3. The topological polar surface area (TPSA) is 70.1 Å². The lowest BCUT2D eigenvalue weighted by molar-refractivity contribution is -0.144. The highest BCUT2D eigenvalue weighted by Crippen LogP contribution is 2.26. The Morgan fingerprint density at radius 1 is 1.19 bits per heavy atom. The van der Waals surface area contributed by atoms with Crippen LogP contribution in [0.3, 0.4) is 0 Å². The van der Waals surface area contributed by atoms with Crippen LogP contribution in [0.25, 0.3) is 0 Å². The van der Waals surface area contributed by atoms with Crippen LogP contribution in [0.15, 0.2) is 30.3 Å². The number of nitrogens with zero attached hydrogens (tertiary/aromatic N) is 2. The van der Waals surface area contributed by atoms with Crippen molar-refractivity contribution in [3.05, 3.63) is 35.9 Å². The van der Waals surface area contributed by atoms with E-state index >= 15 is 0 Å². The van der Waals surface area contributed by atoms with E-state index in [9.17, 15) is 14.7 Å². The Labute approximate surface area is 154 Å². The molecule has 2 fully saturated rings. The van der Waals surface area contributed by atoms with Crippen LogP contribution in [0.4, 0.5) is 4.79 Å². The van der Waals surface area contributed by atoms with Gasteiger partial charge in [-0.15, -0.1) is 0 Å². The molecule has 2 heterocycles. The van der Waals surface area contributed by atoms with Crippen molar-refractivity contribution in [2.45, 2.75) is 38.8 Å². The first-order valence-electron chi connectivity index (χ1n) is 9.45. The lowest BCUT2D eigenvalue weighted by atomic mass is 9.90. The third-order valence-electron chi connectivity index (χ3n) is 5.45. The van der Waals surface area contributed by atoms with Crippen molar-refractivity contribution in [2.75, 3.05) is 26.2 Å². The smallest absolute Gasteiger partial charge is 0.410 e. The van der Waals surface area contributed by atoms with Crippen molar-refractivity contribution in [2.24, 2.45) is 11.8 Å². The molecule has 2 aliphatic heterocycles. The number of carboxylic acid groups (broad SMARTS) is 1. The second-order valence-electron chi connectivity index (χ2n) is 7.61. The number of rotatable bonds is 4. The molecule has 0 unspecified atom stereocenters. The summed E-state index contributed by atoms with van der Waals surface area (Å²) in [5.74, 6) is -0.747. The fraction of sp³-hybridized carbons (Fsp3) is 0.600. The number of carboxylic acids is 1. The van der Waals surface area contributed by atoms with Crippen molar-refractivity contribution in [3.63, 3.8) is 0 Å². The van der Waals surface area contributed by atoms with Crippen LogP contribution in [-0.4, -0.2) is 59.2 Å². The molecule has 0 saturated carbocycles. The minimum absolute atomic E-state index is 0.0943. The number of carbonyl (C=O) groups is 2. The molecule has 2 saturated heterocycles. The van der Waals surface area contributed by atoms with Gasteiger partial charge in [0.1, 0.15) is 6.61 Å². The SMILES string of the molecule is C[C@@H]1CCCN([C@H]2C[C@@H](C(=O)O)CN(C(=O)OCc3ccccc3)C2)C1. The molecule has 0 bridgehead atoms. The minimum atomic E-state index is -0.833. The van der Waals surface area contributed by atoms with Gasteiger partial charge in [-0.2, -0.15) is 0 Å². The van der Waals surface area contributed by atoms with Gasteiger partial charge in [-0.05, 0) is 37.3 Å². The zero-order valence-electron chi connectivity index (χ0n) is 15.3. The normalized spacial score (nSPS) is 27.1. The molecule has 1 aromatic rings. The number of benzene rings is 1. The summed E-state index contributed by atoms with van der Waals surface area (Å²) in [7, 11) is 0. The number of amides is 1. The zero-order chi connectivity index (χ0) is 18.5. The van der Waals surface area contributed by atoms with Crippen molar-refractivity contribution in [3.8, 4) is 0 Å². The summed E-state index contributed by atoms with van der Waals surface area (Å²) in [5.41, 5.74) is 0.925. The van der Waals surface area contributed by atoms with E-state index in [4.69, 9.17) is 4.74 Å². The summed E-state index contributed by atoms with van der Waals surface area (Å²) in [6, 6.07) is 9.62. The minimum Gasteiger partial charge on any atom is -0.481 e. The van der Waals surface area contributed by atoms with Gasteiger partial charge in [0.25, 0.3) is 0 Å². The third-order valence-corrected chi connectivity index (χ3v) is 5.45. The highest BCUT2D eigenvalue weighted by Gasteiger charge is 2.37. The Balaban J connectivity index is 1.63. The Morgan fingerprint density at radius 2 is 1.96 bits per heavy atom. The van der Waals surface area contributed by atoms with Crippen molar-refractivity contribution in [1.29, 1.82) is 0 Å². The van der Waals surface area contributed by atoms with Crippen molar-refractivity contribution >= 4 is 12.1 Å². The van der Waals surface area contributed by atoms with Gasteiger partial charge in [0, 0.05) is 25.7 Å². The molecule has 142 valence electrons. The van der Waals surface area contributed by atoms with E-state index in [1.165, 1.54) is 6.42 Å². The van der Waals surface area contributed by atoms with E-state index in [2.05, 4.69) is 11.8 Å². The van der Waals surface area contributed by atoms with E-state index in [0.29, 0.717) is 18.9 Å². The van der Waals surface area contributed by atoms with Crippen LogP contribution < -0.4 is 0 Å². The highest BCUT2D eigenvalue weighted by atomic mass is 16.6. The summed E-state index contributed by atoms with van der Waals surface area (Å²) >= 11 is 0. The van der Waals surface area contributed by atoms with Gasteiger partial charge in [-0.3, -0.25) is 9.69 Å². The Kier molecular flexibility index (Phi) is 6.14. The van der Waals surface area contributed by atoms with Gasteiger partial charge in [-0.25, -0.2) is 4.79 Å². The predicted molar refractivity (Wildman–Crippen MR) is 97.7 cm³/mol. The fourth-order valence-electron chi connectivity index (χ4n) is 4.03. The van der Waals surface area contributed by atoms with Crippen LogP contribution in [-0.2, 0) is 16.1 Å². The molecule has 0 spiro atoms. The summed E-state index contributed by atoms with van der Waals surface area (Å²) in [4.78, 5) is 28.1. The quantitative estimate of drug-likeness (QED) is 0.894. The molecule has 0 aromatic heterocycles. The van der Waals surface area contributed by atoms with E-state index < -0.39 is 18.0 Å². The maximum atomic E-state index is 12.5. The average molecular weight is 360 g/mol.